The first-order valence-corrected chi connectivity index (χ1v) is 11.7. The lowest BCUT2D eigenvalue weighted by atomic mass is 9.90. The maximum atomic E-state index is 12.6. The van der Waals surface area contributed by atoms with Crippen molar-refractivity contribution in [2.75, 3.05) is 10.0 Å². The molecule has 0 spiro atoms. The van der Waals surface area contributed by atoms with Gasteiger partial charge >= 0.3 is 0 Å². The number of aromatic nitrogens is 2. The summed E-state index contributed by atoms with van der Waals surface area (Å²) in [6.45, 7) is 3.54. The Labute approximate surface area is 182 Å². The molecule has 0 saturated heterocycles. The monoisotopic (exact) mass is 436 g/mol. The molecule has 0 fully saturated rings. The van der Waals surface area contributed by atoms with Crippen molar-refractivity contribution in [1.82, 2.24) is 9.97 Å². The van der Waals surface area contributed by atoms with Gasteiger partial charge in [-0.15, -0.1) is 0 Å². The zero-order valence-corrected chi connectivity index (χ0v) is 18.3. The van der Waals surface area contributed by atoms with E-state index in [1.54, 1.807) is 32.0 Å². The summed E-state index contributed by atoms with van der Waals surface area (Å²) in [7, 11) is -3.84. The molecule has 0 saturated carbocycles. The average molecular weight is 437 g/mol. The van der Waals surface area contributed by atoms with Gasteiger partial charge in [-0.1, -0.05) is 6.07 Å². The predicted molar refractivity (Wildman–Crippen MR) is 120 cm³/mol. The van der Waals surface area contributed by atoms with Crippen molar-refractivity contribution in [2.45, 2.75) is 44.4 Å². The Kier molecular flexibility index (Phi) is 5.73. The fourth-order valence-electron chi connectivity index (χ4n) is 3.75. The van der Waals surface area contributed by atoms with Crippen molar-refractivity contribution in [3.05, 3.63) is 76.6 Å². The number of carbonyl (C=O) groups is 1. The summed E-state index contributed by atoms with van der Waals surface area (Å²) in [6, 6.07) is 13.6. The lowest BCUT2D eigenvalue weighted by molar-refractivity contribution is 0.102. The van der Waals surface area contributed by atoms with Gasteiger partial charge in [-0.3, -0.25) is 4.79 Å². The first-order valence-electron chi connectivity index (χ1n) is 10.2. The van der Waals surface area contributed by atoms with Crippen LogP contribution in [0.5, 0.6) is 0 Å². The SMILES string of the molecule is Cc1cc(C)nc(NS(=O)(=O)c2ccc(NC(=O)c3ccc4c(c3)CCCC4)cc2)n1. The van der Waals surface area contributed by atoms with Crippen LogP contribution in [-0.2, 0) is 22.9 Å². The second-order valence-electron chi connectivity index (χ2n) is 7.75. The highest BCUT2D eigenvalue weighted by atomic mass is 32.2. The van der Waals surface area contributed by atoms with E-state index in [9.17, 15) is 13.2 Å². The van der Waals surface area contributed by atoms with Gasteiger partial charge in [0.05, 0.1) is 4.90 Å². The number of nitrogens with one attached hydrogen (secondary N) is 2. The Morgan fingerprint density at radius 2 is 1.52 bits per heavy atom. The Morgan fingerprint density at radius 1 is 0.871 bits per heavy atom. The molecule has 0 unspecified atom stereocenters. The van der Waals surface area contributed by atoms with Crippen molar-refractivity contribution < 1.29 is 13.2 Å². The van der Waals surface area contributed by atoms with Crippen LogP contribution in [0.1, 0.15) is 45.7 Å². The van der Waals surface area contributed by atoms with Crippen molar-refractivity contribution in [3.8, 4) is 0 Å². The molecule has 1 heterocycles. The van der Waals surface area contributed by atoms with Crippen molar-refractivity contribution in [1.29, 1.82) is 0 Å². The van der Waals surface area contributed by atoms with Gasteiger partial charge in [0.25, 0.3) is 15.9 Å². The number of nitrogens with zero attached hydrogens (tertiary/aromatic N) is 2. The standard InChI is InChI=1S/C23H24N4O3S/c1-15-13-16(2)25-23(24-15)27-31(29,30)21-11-9-20(10-12-21)26-22(28)19-8-7-17-5-3-4-6-18(17)14-19/h7-14H,3-6H2,1-2H3,(H,26,28)(H,24,25,27). The van der Waals surface area contributed by atoms with E-state index < -0.39 is 10.0 Å². The molecular weight excluding hydrogens is 412 g/mol. The molecular formula is C23H24N4O3S. The summed E-state index contributed by atoms with van der Waals surface area (Å²) >= 11 is 0. The molecule has 3 aromatic rings. The molecule has 0 bridgehead atoms. The zero-order valence-electron chi connectivity index (χ0n) is 17.5. The molecule has 0 radical (unpaired) electrons. The van der Waals surface area contributed by atoms with Gasteiger partial charge in [0.2, 0.25) is 5.95 Å². The van der Waals surface area contributed by atoms with Crippen LogP contribution in [-0.4, -0.2) is 24.3 Å². The third-order valence-electron chi connectivity index (χ3n) is 5.24. The fourth-order valence-corrected chi connectivity index (χ4v) is 4.69. The molecule has 7 nitrogen and oxygen atoms in total. The topological polar surface area (TPSA) is 101 Å². The van der Waals surface area contributed by atoms with Crippen LogP contribution in [0.15, 0.2) is 53.4 Å². The maximum absolute atomic E-state index is 12.6. The van der Waals surface area contributed by atoms with Crippen LogP contribution >= 0.6 is 0 Å². The number of carbonyl (C=O) groups excluding carboxylic acids is 1. The van der Waals surface area contributed by atoms with Crippen molar-refractivity contribution in [2.24, 2.45) is 0 Å². The molecule has 8 heteroatoms. The van der Waals surface area contributed by atoms with E-state index in [0.717, 1.165) is 19.3 Å². The van der Waals surface area contributed by atoms with Crippen molar-refractivity contribution in [3.63, 3.8) is 0 Å². The third-order valence-corrected chi connectivity index (χ3v) is 6.59. The summed E-state index contributed by atoms with van der Waals surface area (Å²) in [4.78, 5) is 20.9. The minimum absolute atomic E-state index is 0.0299. The first-order chi connectivity index (χ1) is 14.8. The van der Waals surface area contributed by atoms with Gasteiger partial charge in [-0.25, -0.2) is 23.1 Å². The average Bonchev–Trinajstić information content (AvgIpc) is 2.72. The third kappa shape index (κ3) is 4.91. The first kappa shape index (κ1) is 21.0. The van der Waals surface area contributed by atoms with Crippen LogP contribution < -0.4 is 10.0 Å². The second-order valence-corrected chi connectivity index (χ2v) is 9.43. The van der Waals surface area contributed by atoms with E-state index in [-0.39, 0.29) is 16.8 Å². The number of fused-ring (bicyclic) bond motifs is 1. The molecule has 1 amide bonds. The van der Waals surface area contributed by atoms with Crippen LogP contribution in [0, 0.1) is 13.8 Å². The molecule has 1 aromatic heterocycles. The van der Waals surface area contributed by atoms with Gasteiger partial charge in [-0.2, -0.15) is 0 Å². The zero-order chi connectivity index (χ0) is 22.0. The highest BCUT2D eigenvalue weighted by Crippen LogP contribution is 2.23. The van der Waals surface area contributed by atoms with Gasteiger partial charge in [-0.05, 0) is 93.1 Å². The van der Waals surface area contributed by atoms with E-state index in [1.807, 2.05) is 18.2 Å². The Morgan fingerprint density at radius 3 is 2.19 bits per heavy atom. The molecule has 2 aromatic carbocycles. The highest BCUT2D eigenvalue weighted by molar-refractivity contribution is 7.92. The molecule has 160 valence electrons. The largest absolute Gasteiger partial charge is 0.322 e. The number of sulfonamides is 1. The predicted octanol–water partition coefficient (Wildman–Crippen LogP) is 4.03. The van der Waals surface area contributed by atoms with E-state index in [1.165, 1.54) is 29.7 Å². The number of amides is 1. The Bertz CT molecular complexity index is 1220. The van der Waals surface area contributed by atoms with E-state index >= 15 is 0 Å². The number of benzene rings is 2. The minimum Gasteiger partial charge on any atom is -0.322 e. The van der Waals surface area contributed by atoms with Crippen LogP contribution in [0.2, 0.25) is 0 Å². The van der Waals surface area contributed by atoms with Crippen LogP contribution in [0.4, 0.5) is 11.6 Å². The summed E-state index contributed by atoms with van der Waals surface area (Å²) < 4.78 is 27.7. The smallest absolute Gasteiger partial charge is 0.264 e. The molecule has 31 heavy (non-hydrogen) atoms. The highest BCUT2D eigenvalue weighted by Gasteiger charge is 2.17. The number of anilines is 2. The molecule has 4 rings (SSSR count). The number of rotatable bonds is 5. The Balaban J connectivity index is 1.47. The van der Waals surface area contributed by atoms with Gasteiger partial charge in [0.1, 0.15) is 0 Å². The lowest BCUT2D eigenvalue weighted by Gasteiger charge is -2.16. The van der Waals surface area contributed by atoms with E-state index in [0.29, 0.717) is 22.6 Å². The van der Waals surface area contributed by atoms with E-state index in [2.05, 4.69) is 20.0 Å². The summed E-state index contributed by atoms with van der Waals surface area (Å²) in [5, 5.41) is 2.83. The summed E-state index contributed by atoms with van der Waals surface area (Å²) in [6.07, 6.45) is 4.40. The summed E-state index contributed by atoms with van der Waals surface area (Å²) in [5.74, 6) is -0.187. The number of hydrogen-bond donors (Lipinski definition) is 2. The normalized spacial score (nSPS) is 13.4. The summed E-state index contributed by atoms with van der Waals surface area (Å²) in [5.41, 5.74) is 5.02. The van der Waals surface area contributed by atoms with Gasteiger partial charge in [0.15, 0.2) is 0 Å². The quantitative estimate of drug-likeness (QED) is 0.629. The second kappa shape index (κ2) is 8.47. The van der Waals surface area contributed by atoms with Crippen molar-refractivity contribution >= 4 is 27.6 Å². The number of hydrogen-bond acceptors (Lipinski definition) is 5. The maximum Gasteiger partial charge on any atom is 0.264 e. The van der Waals surface area contributed by atoms with E-state index in [4.69, 9.17) is 0 Å². The molecule has 1 aliphatic carbocycles. The van der Waals surface area contributed by atoms with Crippen LogP contribution in [0.3, 0.4) is 0 Å². The molecule has 0 atom stereocenters. The lowest BCUT2D eigenvalue weighted by Crippen LogP contribution is -2.16. The van der Waals surface area contributed by atoms with Crippen LogP contribution in [0.25, 0.3) is 0 Å². The fraction of sp³-hybridized carbons (Fsp3) is 0.261. The minimum atomic E-state index is -3.84. The Hall–Kier alpha value is -3.26. The molecule has 2 N–H and O–H groups in total. The molecule has 1 aliphatic rings. The van der Waals surface area contributed by atoms with Gasteiger partial charge < -0.3 is 5.32 Å². The number of aryl methyl sites for hydroxylation is 4. The van der Waals surface area contributed by atoms with Gasteiger partial charge in [0, 0.05) is 22.6 Å². The molecule has 0 aliphatic heterocycles.